The second-order valence-corrected chi connectivity index (χ2v) is 8.09. The van der Waals surface area contributed by atoms with Crippen molar-refractivity contribution in [1.29, 1.82) is 5.26 Å². The number of carbonyl (C=O) groups is 1. The van der Waals surface area contributed by atoms with Crippen molar-refractivity contribution in [2.75, 3.05) is 11.9 Å². The Morgan fingerprint density at radius 3 is 2.70 bits per heavy atom. The number of nitriles is 1. The van der Waals surface area contributed by atoms with Gasteiger partial charge in [0, 0.05) is 35.7 Å². The number of benzene rings is 2. The molecule has 0 aliphatic carbocycles. The highest BCUT2D eigenvalue weighted by Gasteiger charge is 2.17. The molecule has 2 amide bonds. The van der Waals surface area contributed by atoms with Crippen LogP contribution in [0.25, 0.3) is 0 Å². The van der Waals surface area contributed by atoms with Crippen molar-refractivity contribution in [3.05, 3.63) is 88.7 Å². The van der Waals surface area contributed by atoms with Crippen molar-refractivity contribution < 1.29 is 4.79 Å². The summed E-state index contributed by atoms with van der Waals surface area (Å²) in [6.07, 6.45) is 2.01. The fourth-order valence-corrected chi connectivity index (χ4v) is 3.52. The molecule has 0 saturated heterocycles. The first-order valence-electron chi connectivity index (χ1n) is 9.89. The minimum atomic E-state index is -0.186. The molecule has 3 rings (SSSR count). The average Bonchev–Trinajstić information content (AvgIpc) is 3.14. The SMILES string of the molecule is CC(C)CN(Cc1cccn1Cc1cccc(Cl)c1)C(=O)Nc1cccc(C#N)c1. The highest BCUT2D eigenvalue weighted by atomic mass is 35.5. The van der Waals surface area contributed by atoms with Gasteiger partial charge in [0.15, 0.2) is 0 Å². The summed E-state index contributed by atoms with van der Waals surface area (Å²) in [5.74, 6) is 0.317. The molecule has 1 heterocycles. The summed E-state index contributed by atoms with van der Waals surface area (Å²) in [5, 5.41) is 12.7. The number of urea groups is 1. The third-order valence-electron chi connectivity index (χ3n) is 4.63. The number of nitrogens with zero attached hydrogens (tertiary/aromatic N) is 3. The number of hydrogen-bond acceptors (Lipinski definition) is 2. The van der Waals surface area contributed by atoms with Crippen LogP contribution in [0, 0.1) is 17.2 Å². The Bertz CT molecular complexity index is 1050. The topological polar surface area (TPSA) is 61.1 Å². The Labute approximate surface area is 182 Å². The summed E-state index contributed by atoms with van der Waals surface area (Å²) in [7, 11) is 0. The van der Waals surface area contributed by atoms with E-state index < -0.39 is 0 Å². The molecule has 3 aromatic rings. The summed E-state index contributed by atoms with van der Waals surface area (Å²) in [5.41, 5.74) is 3.27. The molecule has 1 N–H and O–H groups in total. The zero-order chi connectivity index (χ0) is 21.5. The number of anilines is 1. The number of nitrogens with one attached hydrogen (secondary N) is 1. The largest absolute Gasteiger partial charge is 0.345 e. The van der Waals surface area contributed by atoms with Gasteiger partial charge in [0.1, 0.15) is 0 Å². The first-order chi connectivity index (χ1) is 14.4. The summed E-state index contributed by atoms with van der Waals surface area (Å²) in [4.78, 5) is 14.8. The van der Waals surface area contributed by atoms with Gasteiger partial charge in [-0.3, -0.25) is 0 Å². The zero-order valence-electron chi connectivity index (χ0n) is 17.2. The second kappa shape index (κ2) is 10.00. The third-order valence-corrected chi connectivity index (χ3v) is 4.87. The lowest BCUT2D eigenvalue weighted by Gasteiger charge is -2.26. The predicted molar refractivity (Wildman–Crippen MR) is 120 cm³/mol. The van der Waals surface area contributed by atoms with Gasteiger partial charge in [-0.2, -0.15) is 5.26 Å². The van der Waals surface area contributed by atoms with Crippen molar-refractivity contribution >= 4 is 23.3 Å². The molecular weight excluding hydrogens is 396 g/mol. The molecule has 5 nitrogen and oxygen atoms in total. The third kappa shape index (κ3) is 5.88. The first kappa shape index (κ1) is 21.5. The van der Waals surface area contributed by atoms with Crippen LogP contribution >= 0.6 is 11.6 Å². The Kier molecular flexibility index (Phi) is 7.16. The Morgan fingerprint density at radius 1 is 1.17 bits per heavy atom. The minimum absolute atomic E-state index is 0.186. The highest BCUT2D eigenvalue weighted by Crippen LogP contribution is 2.17. The molecular formula is C24H25ClN4O. The first-order valence-corrected chi connectivity index (χ1v) is 10.3. The maximum atomic E-state index is 13.0. The normalized spacial score (nSPS) is 10.6. The van der Waals surface area contributed by atoms with Crippen LogP contribution in [-0.4, -0.2) is 22.0 Å². The Hall–Kier alpha value is -3.23. The van der Waals surface area contributed by atoms with Crippen molar-refractivity contribution in [2.24, 2.45) is 5.92 Å². The van der Waals surface area contributed by atoms with E-state index in [2.05, 4.69) is 29.8 Å². The van der Waals surface area contributed by atoms with Gasteiger partial charge >= 0.3 is 6.03 Å². The lowest BCUT2D eigenvalue weighted by atomic mass is 10.2. The number of amides is 2. The molecule has 0 aliphatic heterocycles. The maximum Gasteiger partial charge on any atom is 0.322 e. The van der Waals surface area contributed by atoms with Crippen LogP contribution in [-0.2, 0) is 13.1 Å². The van der Waals surface area contributed by atoms with Crippen LogP contribution in [0.5, 0.6) is 0 Å². The van der Waals surface area contributed by atoms with E-state index in [1.165, 1.54) is 0 Å². The number of aromatic nitrogens is 1. The van der Waals surface area contributed by atoms with Crippen LogP contribution in [0.2, 0.25) is 5.02 Å². The second-order valence-electron chi connectivity index (χ2n) is 7.65. The standard InChI is InChI=1S/C24H25ClN4O/c1-18(2)15-29(24(30)27-22-9-4-6-19(13-22)14-26)17-23-10-5-11-28(23)16-20-7-3-8-21(25)12-20/h3-13,18H,15-17H2,1-2H3,(H,27,30). The fraction of sp³-hybridized carbons (Fsp3) is 0.250. The molecule has 1 aromatic heterocycles. The quantitative estimate of drug-likeness (QED) is 0.528. The zero-order valence-corrected chi connectivity index (χ0v) is 17.9. The molecule has 154 valence electrons. The van der Waals surface area contributed by atoms with Gasteiger partial charge in [-0.15, -0.1) is 0 Å². The molecule has 0 atom stereocenters. The minimum Gasteiger partial charge on any atom is -0.345 e. The van der Waals surface area contributed by atoms with Crippen molar-refractivity contribution in [3.63, 3.8) is 0 Å². The van der Waals surface area contributed by atoms with E-state index >= 15 is 0 Å². The van der Waals surface area contributed by atoms with E-state index in [0.717, 1.165) is 11.3 Å². The Morgan fingerprint density at radius 2 is 1.97 bits per heavy atom. The van der Waals surface area contributed by atoms with Gasteiger partial charge in [0.05, 0.1) is 18.2 Å². The number of halogens is 1. The molecule has 0 unspecified atom stereocenters. The van der Waals surface area contributed by atoms with Gasteiger partial charge in [-0.05, 0) is 53.9 Å². The van der Waals surface area contributed by atoms with Gasteiger partial charge < -0.3 is 14.8 Å². The van der Waals surface area contributed by atoms with Crippen LogP contribution in [0.15, 0.2) is 66.9 Å². The Balaban J connectivity index is 1.76. The number of carbonyl (C=O) groups excluding carboxylic acids is 1. The fourth-order valence-electron chi connectivity index (χ4n) is 3.30. The summed E-state index contributed by atoms with van der Waals surface area (Å²) >= 11 is 6.12. The van der Waals surface area contributed by atoms with Crippen molar-refractivity contribution in [2.45, 2.75) is 26.9 Å². The summed E-state index contributed by atoms with van der Waals surface area (Å²) in [6.45, 7) is 5.95. The monoisotopic (exact) mass is 420 g/mol. The van der Waals surface area contributed by atoms with E-state index in [1.54, 1.807) is 29.2 Å². The van der Waals surface area contributed by atoms with Crippen molar-refractivity contribution in [3.8, 4) is 6.07 Å². The van der Waals surface area contributed by atoms with Gasteiger partial charge in [-0.25, -0.2) is 4.79 Å². The van der Waals surface area contributed by atoms with Crippen LogP contribution in [0.3, 0.4) is 0 Å². The molecule has 30 heavy (non-hydrogen) atoms. The van der Waals surface area contributed by atoms with Crippen LogP contribution in [0.4, 0.5) is 10.5 Å². The van der Waals surface area contributed by atoms with E-state index in [0.29, 0.717) is 41.8 Å². The van der Waals surface area contributed by atoms with Gasteiger partial charge in [0.2, 0.25) is 0 Å². The average molecular weight is 421 g/mol. The number of hydrogen-bond donors (Lipinski definition) is 1. The maximum absolute atomic E-state index is 13.0. The predicted octanol–water partition coefficient (Wildman–Crippen LogP) is 5.75. The van der Waals surface area contributed by atoms with Crippen LogP contribution < -0.4 is 5.32 Å². The molecule has 0 spiro atoms. The van der Waals surface area contributed by atoms with E-state index in [-0.39, 0.29) is 6.03 Å². The van der Waals surface area contributed by atoms with E-state index in [1.807, 2.05) is 42.6 Å². The highest BCUT2D eigenvalue weighted by molar-refractivity contribution is 6.30. The number of rotatable bonds is 7. The molecule has 0 radical (unpaired) electrons. The van der Waals surface area contributed by atoms with E-state index in [9.17, 15) is 4.79 Å². The van der Waals surface area contributed by atoms with E-state index in [4.69, 9.17) is 16.9 Å². The van der Waals surface area contributed by atoms with Crippen LogP contribution in [0.1, 0.15) is 30.7 Å². The lowest BCUT2D eigenvalue weighted by Crippen LogP contribution is -2.37. The molecule has 0 saturated carbocycles. The molecule has 0 bridgehead atoms. The summed E-state index contributed by atoms with van der Waals surface area (Å²) < 4.78 is 2.13. The smallest absolute Gasteiger partial charge is 0.322 e. The molecule has 0 aliphatic rings. The van der Waals surface area contributed by atoms with Gasteiger partial charge in [-0.1, -0.05) is 43.6 Å². The lowest BCUT2D eigenvalue weighted by molar-refractivity contribution is 0.200. The van der Waals surface area contributed by atoms with Gasteiger partial charge in [0.25, 0.3) is 0 Å². The van der Waals surface area contributed by atoms with Crippen molar-refractivity contribution in [1.82, 2.24) is 9.47 Å². The molecule has 2 aromatic carbocycles. The summed E-state index contributed by atoms with van der Waals surface area (Å²) in [6, 6.07) is 20.6. The molecule has 0 fully saturated rings. The molecule has 6 heteroatoms.